The Morgan fingerprint density at radius 2 is 1.85 bits per heavy atom. The number of aryl methyl sites for hydroxylation is 1. The van der Waals surface area contributed by atoms with Gasteiger partial charge in [-0.2, -0.15) is 0 Å². The number of amides is 2. The molecule has 1 aliphatic rings. The third kappa shape index (κ3) is 5.51. The maximum atomic E-state index is 14.8. The highest BCUT2D eigenvalue weighted by molar-refractivity contribution is 7.91. The smallest absolute Gasteiger partial charge is 0.244 e. The van der Waals surface area contributed by atoms with E-state index in [0.717, 1.165) is 10.5 Å². The SMILES string of the molecule is Cc1ccc(N(CC(=O)Nc2ccc(-c3cocn3)cc2)C(=O)C2CCS(=O)(=O)CC2)c(F)c1. The van der Waals surface area contributed by atoms with Crippen LogP contribution in [0.15, 0.2) is 59.5 Å². The number of nitrogens with zero attached hydrogens (tertiary/aromatic N) is 2. The highest BCUT2D eigenvalue weighted by Crippen LogP contribution is 2.27. The molecule has 2 heterocycles. The van der Waals surface area contributed by atoms with Crippen molar-refractivity contribution in [3.05, 3.63) is 66.5 Å². The fourth-order valence-corrected chi connectivity index (χ4v) is 5.38. The van der Waals surface area contributed by atoms with Crippen molar-refractivity contribution in [2.24, 2.45) is 5.92 Å². The van der Waals surface area contributed by atoms with Crippen LogP contribution in [-0.4, -0.2) is 43.3 Å². The Hall–Kier alpha value is -3.53. The van der Waals surface area contributed by atoms with Gasteiger partial charge in [0, 0.05) is 17.2 Å². The largest absolute Gasteiger partial charge is 0.451 e. The van der Waals surface area contributed by atoms with E-state index < -0.39 is 39.9 Å². The number of oxazole rings is 1. The number of hydrogen-bond acceptors (Lipinski definition) is 6. The topological polar surface area (TPSA) is 110 Å². The second-order valence-electron chi connectivity index (χ2n) is 8.30. The van der Waals surface area contributed by atoms with Crippen molar-refractivity contribution >= 4 is 33.0 Å². The highest BCUT2D eigenvalue weighted by Gasteiger charge is 2.33. The molecule has 1 aliphatic heterocycles. The summed E-state index contributed by atoms with van der Waals surface area (Å²) in [6.07, 6.45) is 3.12. The van der Waals surface area contributed by atoms with Gasteiger partial charge < -0.3 is 9.73 Å². The van der Waals surface area contributed by atoms with Gasteiger partial charge in [-0.05, 0) is 49.6 Å². The number of nitrogens with one attached hydrogen (secondary N) is 1. The average molecular weight is 486 g/mol. The summed E-state index contributed by atoms with van der Waals surface area (Å²) in [4.78, 5) is 31.3. The first-order chi connectivity index (χ1) is 16.2. The van der Waals surface area contributed by atoms with E-state index in [2.05, 4.69) is 10.3 Å². The van der Waals surface area contributed by atoms with Crippen LogP contribution in [0.3, 0.4) is 0 Å². The van der Waals surface area contributed by atoms with Crippen molar-refractivity contribution in [1.29, 1.82) is 0 Å². The average Bonchev–Trinajstić information content (AvgIpc) is 3.33. The Labute approximate surface area is 196 Å². The summed E-state index contributed by atoms with van der Waals surface area (Å²) in [6, 6.07) is 11.3. The van der Waals surface area contributed by atoms with E-state index in [1.807, 2.05) is 0 Å². The molecule has 1 aromatic heterocycles. The Morgan fingerprint density at radius 1 is 1.15 bits per heavy atom. The van der Waals surface area contributed by atoms with Crippen LogP contribution in [0, 0.1) is 18.7 Å². The van der Waals surface area contributed by atoms with Crippen molar-refractivity contribution in [2.45, 2.75) is 19.8 Å². The van der Waals surface area contributed by atoms with Gasteiger partial charge in [-0.25, -0.2) is 17.8 Å². The molecule has 8 nitrogen and oxygen atoms in total. The van der Waals surface area contributed by atoms with Gasteiger partial charge in [0.15, 0.2) is 6.39 Å². The molecule has 4 rings (SSSR count). The zero-order valence-electron chi connectivity index (χ0n) is 18.5. The number of rotatable bonds is 6. The number of benzene rings is 2. The number of hydrogen-bond donors (Lipinski definition) is 1. The Kier molecular flexibility index (Phi) is 6.78. The van der Waals surface area contributed by atoms with E-state index in [1.54, 1.807) is 37.3 Å². The highest BCUT2D eigenvalue weighted by atomic mass is 32.2. The van der Waals surface area contributed by atoms with Crippen LogP contribution < -0.4 is 10.2 Å². The zero-order chi connectivity index (χ0) is 24.3. The number of aromatic nitrogens is 1. The Morgan fingerprint density at radius 3 is 2.47 bits per heavy atom. The summed E-state index contributed by atoms with van der Waals surface area (Å²) < 4.78 is 43.3. The molecule has 0 bridgehead atoms. The summed E-state index contributed by atoms with van der Waals surface area (Å²) in [7, 11) is -3.17. The predicted octanol–water partition coefficient (Wildman–Crippen LogP) is 3.59. The molecule has 0 atom stereocenters. The van der Waals surface area contributed by atoms with Crippen molar-refractivity contribution in [1.82, 2.24) is 4.98 Å². The van der Waals surface area contributed by atoms with Crippen molar-refractivity contribution in [3.8, 4) is 11.3 Å². The minimum absolute atomic E-state index is 0.0134. The third-order valence-electron chi connectivity index (χ3n) is 5.76. The lowest BCUT2D eigenvalue weighted by atomic mass is 10.0. The van der Waals surface area contributed by atoms with Crippen molar-refractivity contribution in [2.75, 3.05) is 28.3 Å². The normalized spacial score (nSPS) is 15.6. The van der Waals surface area contributed by atoms with Gasteiger partial charge in [0.2, 0.25) is 11.8 Å². The van der Waals surface area contributed by atoms with Gasteiger partial charge >= 0.3 is 0 Å². The number of anilines is 2. The van der Waals surface area contributed by atoms with Crippen LogP contribution in [-0.2, 0) is 19.4 Å². The molecule has 178 valence electrons. The number of carbonyl (C=O) groups is 2. The van der Waals surface area contributed by atoms with Crippen LogP contribution in [0.25, 0.3) is 11.3 Å². The first-order valence-electron chi connectivity index (χ1n) is 10.8. The van der Waals surface area contributed by atoms with E-state index >= 15 is 0 Å². The predicted molar refractivity (Wildman–Crippen MR) is 125 cm³/mol. The molecule has 0 radical (unpaired) electrons. The monoisotopic (exact) mass is 485 g/mol. The van der Waals surface area contributed by atoms with E-state index in [1.165, 1.54) is 24.8 Å². The lowest BCUT2D eigenvalue weighted by molar-refractivity contribution is -0.124. The van der Waals surface area contributed by atoms with Gasteiger partial charge in [-0.3, -0.25) is 14.5 Å². The summed E-state index contributed by atoms with van der Waals surface area (Å²) in [6.45, 7) is 1.31. The second-order valence-corrected chi connectivity index (χ2v) is 10.6. The van der Waals surface area contributed by atoms with Crippen molar-refractivity contribution in [3.63, 3.8) is 0 Å². The first kappa shape index (κ1) is 23.6. The van der Waals surface area contributed by atoms with Gasteiger partial charge in [0.05, 0.1) is 17.2 Å². The van der Waals surface area contributed by atoms with Crippen molar-refractivity contribution < 1.29 is 26.8 Å². The maximum Gasteiger partial charge on any atom is 0.244 e. The first-order valence-corrected chi connectivity index (χ1v) is 12.6. The Bertz CT molecular complexity index is 1280. The zero-order valence-corrected chi connectivity index (χ0v) is 19.3. The molecule has 1 N–H and O–H groups in total. The van der Waals surface area contributed by atoms with Crippen LogP contribution >= 0.6 is 0 Å². The van der Waals surface area contributed by atoms with Crippen LogP contribution in [0.2, 0.25) is 0 Å². The molecule has 0 saturated carbocycles. The van der Waals surface area contributed by atoms with Crippen LogP contribution in [0.1, 0.15) is 18.4 Å². The third-order valence-corrected chi connectivity index (χ3v) is 7.48. The molecule has 10 heteroatoms. The van der Waals surface area contributed by atoms with E-state index in [0.29, 0.717) is 16.9 Å². The van der Waals surface area contributed by atoms with Crippen LogP contribution in [0.4, 0.5) is 15.8 Å². The molecule has 2 amide bonds. The van der Waals surface area contributed by atoms with E-state index in [-0.39, 0.29) is 30.0 Å². The molecule has 0 aliphatic carbocycles. The van der Waals surface area contributed by atoms with Gasteiger partial charge in [0.1, 0.15) is 34.2 Å². The van der Waals surface area contributed by atoms with Gasteiger partial charge in [0.25, 0.3) is 0 Å². The standard InChI is InChI=1S/C24H24FN3O5S/c1-16-2-7-22(20(25)12-16)28(24(30)18-8-10-34(31,32)11-9-18)13-23(29)27-19-5-3-17(4-6-19)21-14-33-15-26-21/h2-7,12,14-15,18H,8-11,13H2,1H3,(H,27,29). The Balaban J connectivity index is 1.51. The molecule has 1 fully saturated rings. The molecule has 0 spiro atoms. The molecule has 0 unspecified atom stereocenters. The molecule has 2 aromatic carbocycles. The minimum atomic E-state index is -3.17. The van der Waals surface area contributed by atoms with Crippen LogP contribution in [0.5, 0.6) is 0 Å². The maximum absolute atomic E-state index is 14.8. The molecule has 34 heavy (non-hydrogen) atoms. The summed E-state index contributed by atoms with van der Waals surface area (Å²) in [5.74, 6) is -2.39. The molecule has 1 saturated heterocycles. The lowest BCUT2D eigenvalue weighted by Gasteiger charge is -2.29. The number of carbonyl (C=O) groups excluding carboxylic acids is 2. The quantitative estimate of drug-likeness (QED) is 0.572. The lowest BCUT2D eigenvalue weighted by Crippen LogP contribution is -2.44. The fraction of sp³-hybridized carbons (Fsp3) is 0.292. The molecular formula is C24H24FN3O5S. The minimum Gasteiger partial charge on any atom is -0.451 e. The van der Waals surface area contributed by atoms with Gasteiger partial charge in [-0.15, -0.1) is 0 Å². The van der Waals surface area contributed by atoms with Gasteiger partial charge in [-0.1, -0.05) is 18.2 Å². The number of halogens is 1. The summed E-state index contributed by atoms with van der Waals surface area (Å²) >= 11 is 0. The molecular weight excluding hydrogens is 461 g/mol. The number of sulfone groups is 1. The fourth-order valence-electron chi connectivity index (χ4n) is 3.89. The second kappa shape index (κ2) is 9.76. The van der Waals surface area contributed by atoms with E-state index in [9.17, 15) is 22.4 Å². The molecule has 3 aromatic rings. The summed E-state index contributed by atoms with van der Waals surface area (Å²) in [5.41, 5.74) is 2.61. The summed E-state index contributed by atoms with van der Waals surface area (Å²) in [5, 5.41) is 2.72. The van der Waals surface area contributed by atoms with E-state index in [4.69, 9.17) is 4.42 Å².